The molecule has 2 aromatic rings. The zero-order chi connectivity index (χ0) is 14.7. The van der Waals surface area contributed by atoms with E-state index in [1.807, 2.05) is 0 Å². The van der Waals surface area contributed by atoms with Crippen molar-refractivity contribution in [3.8, 4) is 11.5 Å². The lowest BCUT2D eigenvalue weighted by Crippen LogP contribution is -2.02. The standard InChI is InChI=1S/C12H7FN2O5/c13-7-1-2-8(12(16)17)11(5-7)20-10-3-4-14-6-9(10)15(18)19/h1-6H,(H,16,17). The van der Waals surface area contributed by atoms with Gasteiger partial charge in [-0.3, -0.25) is 15.1 Å². The van der Waals surface area contributed by atoms with Crippen LogP contribution in [0.15, 0.2) is 36.7 Å². The SMILES string of the molecule is O=C(O)c1ccc(F)cc1Oc1ccncc1[N+](=O)[O-]. The van der Waals surface area contributed by atoms with Gasteiger partial charge in [-0.25, -0.2) is 9.18 Å². The van der Waals surface area contributed by atoms with Gasteiger partial charge in [0.1, 0.15) is 23.3 Å². The van der Waals surface area contributed by atoms with E-state index in [4.69, 9.17) is 9.84 Å². The fourth-order valence-electron chi connectivity index (χ4n) is 1.47. The van der Waals surface area contributed by atoms with Crippen LogP contribution in [-0.4, -0.2) is 21.0 Å². The number of rotatable bonds is 4. The minimum atomic E-state index is -1.34. The van der Waals surface area contributed by atoms with Gasteiger partial charge in [-0.2, -0.15) is 0 Å². The Bertz CT molecular complexity index is 689. The van der Waals surface area contributed by atoms with E-state index >= 15 is 0 Å². The van der Waals surface area contributed by atoms with E-state index < -0.39 is 22.4 Å². The second-order valence-corrected chi connectivity index (χ2v) is 3.65. The van der Waals surface area contributed by atoms with E-state index in [1.54, 1.807) is 0 Å². The van der Waals surface area contributed by atoms with Crippen molar-refractivity contribution < 1.29 is 24.0 Å². The fourth-order valence-corrected chi connectivity index (χ4v) is 1.47. The van der Waals surface area contributed by atoms with Gasteiger partial charge >= 0.3 is 11.7 Å². The maximum absolute atomic E-state index is 13.2. The molecule has 2 rings (SSSR count). The Morgan fingerprint density at radius 3 is 2.75 bits per heavy atom. The Kier molecular flexibility index (Phi) is 3.56. The summed E-state index contributed by atoms with van der Waals surface area (Å²) in [4.78, 5) is 24.6. The Morgan fingerprint density at radius 1 is 1.35 bits per heavy atom. The molecule has 0 aliphatic rings. The van der Waals surface area contributed by atoms with Gasteiger partial charge in [-0.1, -0.05) is 0 Å². The van der Waals surface area contributed by atoms with Crippen LogP contribution in [0.4, 0.5) is 10.1 Å². The number of carbonyl (C=O) groups is 1. The summed E-state index contributed by atoms with van der Waals surface area (Å²) >= 11 is 0. The number of pyridine rings is 1. The number of halogens is 1. The molecule has 20 heavy (non-hydrogen) atoms. The van der Waals surface area contributed by atoms with Gasteiger partial charge in [0, 0.05) is 18.3 Å². The van der Waals surface area contributed by atoms with Gasteiger partial charge < -0.3 is 9.84 Å². The Hall–Kier alpha value is -3.03. The predicted octanol–water partition coefficient (Wildman–Crippen LogP) is 2.62. The highest BCUT2D eigenvalue weighted by Gasteiger charge is 2.19. The van der Waals surface area contributed by atoms with Crippen LogP contribution < -0.4 is 4.74 Å². The number of aromatic carboxylic acids is 1. The highest BCUT2D eigenvalue weighted by molar-refractivity contribution is 5.91. The first kappa shape index (κ1) is 13.4. The van der Waals surface area contributed by atoms with Crippen LogP contribution in [0.25, 0.3) is 0 Å². The molecule has 0 spiro atoms. The van der Waals surface area contributed by atoms with E-state index in [9.17, 15) is 19.3 Å². The summed E-state index contributed by atoms with van der Waals surface area (Å²) in [6.45, 7) is 0. The van der Waals surface area contributed by atoms with Crippen LogP contribution in [0.5, 0.6) is 11.5 Å². The van der Waals surface area contributed by atoms with E-state index in [1.165, 1.54) is 12.3 Å². The quantitative estimate of drug-likeness (QED) is 0.681. The van der Waals surface area contributed by atoms with Gasteiger partial charge in [0.15, 0.2) is 0 Å². The van der Waals surface area contributed by atoms with Crippen molar-refractivity contribution in [3.63, 3.8) is 0 Å². The lowest BCUT2D eigenvalue weighted by Gasteiger charge is -2.08. The largest absolute Gasteiger partial charge is 0.478 e. The molecular weight excluding hydrogens is 271 g/mol. The highest BCUT2D eigenvalue weighted by atomic mass is 19.1. The zero-order valence-corrected chi connectivity index (χ0v) is 9.82. The third-order valence-corrected chi connectivity index (χ3v) is 2.35. The van der Waals surface area contributed by atoms with E-state index in [0.29, 0.717) is 0 Å². The number of nitro groups is 1. The number of benzene rings is 1. The minimum absolute atomic E-state index is 0.224. The molecule has 102 valence electrons. The Balaban J connectivity index is 2.47. The van der Waals surface area contributed by atoms with Gasteiger partial charge in [0.05, 0.1) is 4.92 Å². The molecule has 1 aromatic heterocycles. The number of ether oxygens (including phenoxy) is 1. The highest BCUT2D eigenvalue weighted by Crippen LogP contribution is 2.32. The van der Waals surface area contributed by atoms with Crippen molar-refractivity contribution in [2.24, 2.45) is 0 Å². The van der Waals surface area contributed by atoms with Gasteiger partial charge in [-0.05, 0) is 12.1 Å². The molecule has 0 atom stereocenters. The van der Waals surface area contributed by atoms with Crippen molar-refractivity contribution in [3.05, 3.63) is 58.2 Å². The first-order valence-corrected chi connectivity index (χ1v) is 5.28. The second kappa shape index (κ2) is 5.31. The van der Waals surface area contributed by atoms with Crippen LogP contribution in [0.1, 0.15) is 10.4 Å². The maximum Gasteiger partial charge on any atom is 0.339 e. The number of carboxylic acids is 1. The summed E-state index contributed by atoms with van der Waals surface area (Å²) in [6.07, 6.45) is 2.19. The molecule has 0 saturated carbocycles. The molecule has 0 aliphatic carbocycles. The second-order valence-electron chi connectivity index (χ2n) is 3.65. The van der Waals surface area contributed by atoms with Crippen LogP contribution >= 0.6 is 0 Å². The number of hydrogen-bond acceptors (Lipinski definition) is 5. The molecule has 8 heteroatoms. The van der Waals surface area contributed by atoms with E-state index in [-0.39, 0.29) is 17.1 Å². The molecule has 1 heterocycles. The first-order chi connectivity index (χ1) is 9.49. The molecule has 0 amide bonds. The van der Waals surface area contributed by atoms with Gasteiger partial charge in [0.25, 0.3) is 0 Å². The first-order valence-electron chi connectivity index (χ1n) is 5.28. The smallest absolute Gasteiger partial charge is 0.339 e. The summed E-state index contributed by atoms with van der Waals surface area (Å²) in [5.41, 5.74) is -0.759. The molecule has 0 radical (unpaired) electrons. The molecule has 0 bridgehead atoms. The Morgan fingerprint density at radius 2 is 2.10 bits per heavy atom. The summed E-state index contributed by atoms with van der Waals surface area (Å²) in [5, 5.41) is 19.8. The normalized spacial score (nSPS) is 10.1. The summed E-state index contributed by atoms with van der Waals surface area (Å²) in [7, 11) is 0. The van der Waals surface area contributed by atoms with Crippen molar-refractivity contribution >= 4 is 11.7 Å². The minimum Gasteiger partial charge on any atom is -0.478 e. The molecule has 7 nitrogen and oxygen atoms in total. The molecular formula is C12H7FN2O5. The summed E-state index contributed by atoms with van der Waals surface area (Å²) < 4.78 is 18.3. The average molecular weight is 278 g/mol. The lowest BCUT2D eigenvalue weighted by molar-refractivity contribution is -0.386. The molecule has 1 N–H and O–H groups in total. The molecule has 0 fully saturated rings. The van der Waals surface area contributed by atoms with Crippen LogP contribution in [-0.2, 0) is 0 Å². The maximum atomic E-state index is 13.2. The summed E-state index contributed by atoms with van der Waals surface area (Å²) in [6, 6.07) is 4.00. The number of hydrogen-bond donors (Lipinski definition) is 1. The van der Waals surface area contributed by atoms with Crippen molar-refractivity contribution in [2.45, 2.75) is 0 Å². The topological polar surface area (TPSA) is 103 Å². The van der Waals surface area contributed by atoms with Crippen LogP contribution in [0, 0.1) is 15.9 Å². The predicted molar refractivity (Wildman–Crippen MR) is 64.3 cm³/mol. The number of nitrogens with zero attached hydrogens (tertiary/aromatic N) is 2. The average Bonchev–Trinajstić information content (AvgIpc) is 2.38. The third kappa shape index (κ3) is 2.69. The molecule has 0 aliphatic heterocycles. The van der Waals surface area contributed by atoms with Crippen molar-refractivity contribution in [2.75, 3.05) is 0 Å². The van der Waals surface area contributed by atoms with Crippen LogP contribution in [0.3, 0.4) is 0 Å². The molecule has 0 unspecified atom stereocenters. The van der Waals surface area contributed by atoms with E-state index in [2.05, 4.69) is 4.98 Å². The van der Waals surface area contributed by atoms with Gasteiger partial charge in [-0.15, -0.1) is 0 Å². The zero-order valence-electron chi connectivity index (χ0n) is 9.82. The molecule has 0 saturated heterocycles. The molecule has 1 aromatic carbocycles. The number of carboxylic acid groups (broad SMARTS) is 1. The lowest BCUT2D eigenvalue weighted by atomic mass is 10.2. The van der Waals surface area contributed by atoms with E-state index in [0.717, 1.165) is 24.4 Å². The van der Waals surface area contributed by atoms with Crippen molar-refractivity contribution in [1.29, 1.82) is 0 Å². The fraction of sp³-hybridized carbons (Fsp3) is 0. The van der Waals surface area contributed by atoms with Gasteiger partial charge in [0.2, 0.25) is 5.75 Å². The summed E-state index contributed by atoms with van der Waals surface area (Å²) in [5.74, 6) is -2.61. The number of aromatic nitrogens is 1. The Labute approximate surface area is 111 Å². The monoisotopic (exact) mass is 278 g/mol. The van der Waals surface area contributed by atoms with Crippen LogP contribution in [0.2, 0.25) is 0 Å². The third-order valence-electron chi connectivity index (χ3n) is 2.35. The van der Waals surface area contributed by atoms with Crippen molar-refractivity contribution in [1.82, 2.24) is 4.98 Å².